The van der Waals surface area contributed by atoms with Gasteiger partial charge in [0.25, 0.3) is 0 Å². The number of ether oxygens (including phenoxy) is 2. The van der Waals surface area contributed by atoms with Gasteiger partial charge in [-0.15, -0.1) is 0 Å². The molecule has 17 heavy (non-hydrogen) atoms. The van der Waals surface area contributed by atoms with Crippen molar-refractivity contribution in [2.75, 3.05) is 13.7 Å². The topological polar surface area (TPSA) is 52.6 Å². The minimum atomic E-state index is -0.358. The molecule has 0 heterocycles. The number of Topliss-reactive ketones (excluding diaryl/α,β-unsaturated/α-hetero) is 1. The van der Waals surface area contributed by atoms with E-state index in [2.05, 4.69) is 4.74 Å². The van der Waals surface area contributed by atoms with Gasteiger partial charge in [-0.05, 0) is 32.5 Å². The largest absolute Gasteiger partial charge is 0.479 e. The molecule has 0 aliphatic carbocycles. The van der Waals surface area contributed by atoms with Gasteiger partial charge in [0.1, 0.15) is 5.78 Å². The molecule has 2 atom stereocenters. The molecule has 0 aliphatic heterocycles. The summed E-state index contributed by atoms with van der Waals surface area (Å²) in [6.45, 7) is 5.51. The number of methoxy groups -OCH3 is 1. The smallest absolute Gasteiger partial charge is 0.308 e. The Morgan fingerprint density at radius 2 is 2.00 bits per heavy atom. The van der Waals surface area contributed by atoms with Gasteiger partial charge in [0.05, 0.1) is 24.9 Å². The van der Waals surface area contributed by atoms with Crippen molar-refractivity contribution < 1.29 is 19.1 Å². The highest BCUT2D eigenvalue weighted by molar-refractivity contribution is 8.23. The lowest BCUT2D eigenvalue weighted by molar-refractivity contribution is -0.145. The number of thioether (sulfide) groups is 1. The van der Waals surface area contributed by atoms with Crippen LogP contribution in [0.1, 0.15) is 27.2 Å². The lowest BCUT2D eigenvalue weighted by atomic mass is 10.0. The third-order valence-electron chi connectivity index (χ3n) is 2.13. The Morgan fingerprint density at radius 1 is 1.41 bits per heavy atom. The lowest BCUT2D eigenvalue weighted by Crippen LogP contribution is -2.24. The molecule has 2 unspecified atom stereocenters. The molecule has 0 saturated heterocycles. The van der Waals surface area contributed by atoms with E-state index in [1.807, 2.05) is 6.92 Å². The van der Waals surface area contributed by atoms with E-state index in [0.29, 0.717) is 17.4 Å². The van der Waals surface area contributed by atoms with Crippen molar-refractivity contribution in [3.05, 3.63) is 0 Å². The predicted octanol–water partition coefficient (Wildman–Crippen LogP) is 2.20. The van der Waals surface area contributed by atoms with E-state index < -0.39 is 0 Å². The molecule has 0 spiro atoms. The van der Waals surface area contributed by atoms with Gasteiger partial charge in [0.15, 0.2) is 0 Å². The van der Waals surface area contributed by atoms with Gasteiger partial charge >= 0.3 is 5.97 Å². The molecule has 0 rings (SSSR count). The van der Waals surface area contributed by atoms with E-state index in [1.54, 1.807) is 6.92 Å². The Balaban J connectivity index is 4.39. The fraction of sp³-hybridized carbons (Fsp3) is 0.727. The zero-order valence-corrected chi connectivity index (χ0v) is 12.2. The quantitative estimate of drug-likeness (QED) is 0.548. The number of esters is 1. The predicted molar refractivity (Wildman–Crippen MR) is 72.1 cm³/mol. The standard InChI is InChI=1S/C11H18O4S2/c1-5-15-11(16)17-9(8(3)12)6-7(2)10(13)14-4/h7,9H,5-6H2,1-4H3. The van der Waals surface area contributed by atoms with Crippen molar-refractivity contribution in [2.24, 2.45) is 5.92 Å². The van der Waals surface area contributed by atoms with Gasteiger partial charge in [0.2, 0.25) is 4.38 Å². The average Bonchev–Trinajstić information content (AvgIpc) is 2.27. The molecule has 0 radical (unpaired) electrons. The number of rotatable bonds is 6. The Labute approximate surface area is 111 Å². The molecular weight excluding hydrogens is 260 g/mol. The number of ketones is 1. The lowest BCUT2D eigenvalue weighted by Gasteiger charge is -2.17. The summed E-state index contributed by atoms with van der Waals surface area (Å²) >= 11 is 6.15. The molecule has 0 saturated carbocycles. The van der Waals surface area contributed by atoms with Gasteiger partial charge in [-0.25, -0.2) is 0 Å². The molecule has 98 valence electrons. The molecule has 0 aromatic rings. The Hall–Kier alpha value is -0.620. The summed E-state index contributed by atoms with van der Waals surface area (Å²) in [4.78, 5) is 22.7. The average molecular weight is 278 g/mol. The van der Waals surface area contributed by atoms with Crippen molar-refractivity contribution in [3.8, 4) is 0 Å². The summed E-state index contributed by atoms with van der Waals surface area (Å²) < 4.78 is 10.1. The maximum atomic E-state index is 11.4. The number of carbonyl (C=O) groups excluding carboxylic acids is 2. The molecule has 0 fully saturated rings. The minimum absolute atomic E-state index is 0.0205. The van der Waals surface area contributed by atoms with Gasteiger partial charge in [-0.2, -0.15) is 0 Å². The molecule has 6 heteroatoms. The Kier molecular flexibility index (Phi) is 8.16. The Morgan fingerprint density at radius 3 is 2.41 bits per heavy atom. The van der Waals surface area contributed by atoms with E-state index in [9.17, 15) is 9.59 Å². The summed E-state index contributed by atoms with van der Waals surface area (Å²) in [6, 6.07) is 0. The van der Waals surface area contributed by atoms with Crippen molar-refractivity contribution in [2.45, 2.75) is 32.4 Å². The summed E-state index contributed by atoms with van der Waals surface area (Å²) in [5.74, 6) is -0.669. The summed E-state index contributed by atoms with van der Waals surface area (Å²) in [6.07, 6.45) is 0.403. The monoisotopic (exact) mass is 278 g/mol. The van der Waals surface area contributed by atoms with Gasteiger partial charge in [-0.1, -0.05) is 18.7 Å². The highest BCUT2D eigenvalue weighted by atomic mass is 32.2. The first-order valence-electron chi connectivity index (χ1n) is 5.34. The highest BCUT2D eigenvalue weighted by Gasteiger charge is 2.24. The van der Waals surface area contributed by atoms with Crippen LogP contribution >= 0.6 is 24.0 Å². The molecule has 0 aromatic heterocycles. The zero-order valence-electron chi connectivity index (χ0n) is 10.5. The first-order chi connectivity index (χ1) is 7.92. The van der Waals surface area contributed by atoms with Gasteiger partial charge in [0, 0.05) is 0 Å². The molecule has 0 bridgehead atoms. The second-order valence-corrected chi connectivity index (χ2v) is 5.36. The van der Waals surface area contributed by atoms with Crippen LogP contribution in [0.2, 0.25) is 0 Å². The van der Waals surface area contributed by atoms with Crippen molar-refractivity contribution in [1.82, 2.24) is 0 Å². The van der Waals surface area contributed by atoms with Crippen molar-refractivity contribution >= 4 is 40.1 Å². The van der Waals surface area contributed by atoms with Crippen LogP contribution in [0.4, 0.5) is 0 Å². The van der Waals surface area contributed by atoms with Crippen molar-refractivity contribution in [3.63, 3.8) is 0 Å². The van der Waals surface area contributed by atoms with Crippen LogP contribution < -0.4 is 0 Å². The molecule has 0 N–H and O–H groups in total. The third kappa shape index (κ3) is 6.63. The first kappa shape index (κ1) is 16.4. The van der Waals surface area contributed by atoms with Crippen LogP contribution in [-0.2, 0) is 19.1 Å². The summed E-state index contributed by atoms with van der Waals surface area (Å²) in [5, 5.41) is -0.358. The van der Waals surface area contributed by atoms with E-state index in [-0.39, 0.29) is 22.9 Å². The van der Waals surface area contributed by atoms with E-state index in [4.69, 9.17) is 17.0 Å². The van der Waals surface area contributed by atoms with E-state index >= 15 is 0 Å². The van der Waals surface area contributed by atoms with Gasteiger partial charge < -0.3 is 9.47 Å². The van der Waals surface area contributed by atoms with Crippen LogP contribution in [0.15, 0.2) is 0 Å². The molecule has 0 amide bonds. The maximum Gasteiger partial charge on any atom is 0.308 e. The van der Waals surface area contributed by atoms with Gasteiger partial charge in [-0.3, -0.25) is 9.59 Å². The zero-order chi connectivity index (χ0) is 13.4. The van der Waals surface area contributed by atoms with Crippen LogP contribution in [0.25, 0.3) is 0 Å². The molecular formula is C11H18O4S2. The first-order valence-corrected chi connectivity index (χ1v) is 6.62. The Bertz CT molecular complexity index is 291. The fourth-order valence-electron chi connectivity index (χ4n) is 1.18. The minimum Gasteiger partial charge on any atom is -0.479 e. The molecule has 0 aliphatic rings. The maximum absolute atomic E-state index is 11.4. The normalized spacial score (nSPS) is 13.6. The second-order valence-electron chi connectivity index (χ2n) is 3.56. The summed E-state index contributed by atoms with van der Waals surface area (Å²) in [5.41, 5.74) is 0. The van der Waals surface area contributed by atoms with Crippen LogP contribution in [0.3, 0.4) is 0 Å². The highest BCUT2D eigenvalue weighted by Crippen LogP contribution is 2.23. The van der Waals surface area contributed by atoms with E-state index in [1.165, 1.54) is 25.8 Å². The molecule has 4 nitrogen and oxygen atoms in total. The SMILES string of the molecule is CCOC(=S)SC(CC(C)C(=O)OC)C(C)=O. The van der Waals surface area contributed by atoms with E-state index in [0.717, 1.165) is 0 Å². The fourth-order valence-corrected chi connectivity index (χ4v) is 2.62. The number of thiocarbonyl (C=S) groups is 1. The second kappa shape index (κ2) is 8.47. The van der Waals surface area contributed by atoms with Crippen LogP contribution in [0.5, 0.6) is 0 Å². The number of hydrogen-bond donors (Lipinski definition) is 0. The molecule has 0 aromatic carbocycles. The third-order valence-corrected chi connectivity index (χ3v) is 3.65. The van der Waals surface area contributed by atoms with Crippen molar-refractivity contribution in [1.29, 1.82) is 0 Å². The summed E-state index contributed by atoms with van der Waals surface area (Å²) in [7, 11) is 1.33. The van der Waals surface area contributed by atoms with Crippen LogP contribution in [-0.4, -0.2) is 35.1 Å². The number of carbonyl (C=O) groups is 2. The number of hydrogen-bond acceptors (Lipinski definition) is 6. The van der Waals surface area contributed by atoms with Crippen LogP contribution in [0, 0.1) is 5.92 Å².